The molecule has 140 valence electrons. The molecule has 0 saturated heterocycles. The molecule has 0 aliphatic carbocycles. The Labute approximate surface area is 153 Å². The number of nitrogens with one attached hydrogen (secondary N) is 3. The zero-order chi connectivity index (χ0) is 18.8. The van der Waals surface area contributed by atoms with E-state index in [-0.39, 0.29) is 24.4 Å². The van der Waals surface area contributed by atoms with E-state index < -0.39 is 11.6 Å². The SMILES string of the molecule is O=C1CCNCc2cc(cc(F)c2F)-c2cnn3ccc(nc23)NCCN1. The Hall–Kier alpha value is -3.07. The number of aromatic nitrogens is 3. The average Bonchev–Trinajstić information content (AvgIpc) is 3.08. The van der Waals surface area contributed by atoms with Crippen molar-refractivity contribution in [3.63, 3.8) is 0 Å². The molecule has 3 heterocycles. The van der Waals surface area contributed by atoms with Gasteiger partial charge in [-0.15, -0.1) is 0 Å². The van der Waals surface area contributed by atoms with Crippen LogP contribution in [0.4, 0.5) is 14.6 Å². The van der Waals surface area contributed by atoms with E-state index in [1.165, 1.54) is 0 Å². The van der Waals surface area contributed by atoms with Crippen molar-refractivity contribution in [3.8, 4) is 11.1 Å². The maximum absolute atomic E-state index is 14.2. The lowest BCUT2D eigenvalue weighted by atomic mass is 10.0. The molecule has 1 aromatic carbocycles. The molecule has 1 aliphatic rings. The van der Waals surface area contributed by atoms with Gasteiger partial charge in [-0.3, -0.25) is 4.79 Å². The summed E-state index contributed by atoms with van der Waals surface area (Å²) in [6.45, 7) is 1.45. The van der Waals surface area contributed by atoms with Gasteiger partial charge in [0, 0.05) is 49.9 Å². The first-order valence-corrected chi connectivity index (χ1v) is 8.66. The second-order valence-electron chi connectivity index (χ2n) is 6.27. The van der Waals surface area contributed by atoms with Gasteiger partial charge in [0.25, 0.3) is 0 Å². The topological polar surface area (TPSA) is 83.4 Å². The molecule has 2 aromatic heterocycles. The van der Waals surface area contributed by atoms with Gasteiger partial charge in [0.2, 0.25) is 5.91 Å². The smallest absolute Gasteiger partial charge is 0.221 e. The van der Waals surface area contributed by atoms with Crippen molar-refractivity contribution >= 4 is 17.4 Å². The van der Waals surface area contributed by atoms with Crippen LogP contribution in [-0.4, -0.2) is 40.1 Å². The molecule has 4 rings (SSSR count). The Kier molecular flexibility index (Phi) is 4.68. The van der Waals surface area contributed by atoms with E-state index in [0.29, 0.717) is 42.2 Å². The van der Waals surface area contributed by atoms with Crippen molar-refractivity contribution in [1.29, 1.82) is 0 Å². The number of anilines is 1. The summed E-state index contributed by atoms with van der Waals surface area (Å²) in [6, 6.07) is 4.49. The number of fused-ring (bicyclic) bond motifs is 4. The van der Waals surface area contributed by atoms with Gasteiger partial charge in [0.15, 0.2) is 17.3 Å². The molecule has 3 N–H and O–H groups in total. The number of nitrogens with zero attached hydrogens (tertiary/aromatic N) is 3. The van der Waals surface area contributed by atoms with E-state index >= 15 is 0 Å². The molecular weight excluding hydrogens is 354 g/mol. The van der Waals surface area contributed by atoms with Gasteiger partial charge in [0.1, 0.15) is 5.82 Å². The molecular formula is C18H18F2N6O. The van der Waals surface area contributed by atoms with Crippen LogP contribution < -0.4 is 16.0 Å². The van der Waals surface area contributed by atoms with Crippen LogP contribution in [-0.2, 0) is 11.3 Å². The summed E-state index contributed by atoms with van der Waals surface area (Å²) >= 11 is 0. The van der Waals surface area contributed by atoms with Crippen LogP contribution in [0.1, 0.15) is 12.0 Å². The zero-order valence-corrected chi connectivity index (χ0v) is 14.4. The fourth-order valence-corrected chi connectivity index (χ4v) is 3.01. The number of halogens is 2. The lowest BCUT2D eigenvalue weighted by Crippen LogP contribution is -2.31. The molecule has 0 spiro atoms. The van der Waals surface area contributed by atoms with Gasteiger partial charge in [-0.1, -0.05) is 0 Å². The minimum Gasteiger partial charge on any atom is -0.368 e. The molecule has 1 aliphatic heterocycles. The van der Waals surface area contributed by atoms with Crippen LogP contribution in [0.15, 0.2) is 30.6 Å². The van der Waals surface area contributed by atoms with Crippen molar-refractivity contribution in [2.24, 2.45) is 0 Å². The zero-order valence-electron chi connectivity index (χ0n) is 14.4. The molecule has 4 bridgehead atoms. The maximum Gasteiger partial charge on any atom is 0.221 e. The first-order chi connectivity index (χ1) is 13.1. The quantitative estimate of drug-likeness (QED) is 0.559. The minimum atomic E-state index is -0.934. The van der Waals surface area contributed by atoms with Gasteiger partial charge >= 0.3 is 0 Å². The second kappa shape index (κ2) is 7.28. The lowest BCUT2D eigenvalue weighted by Gasteiger charge is -2.11. The summed E-state index contributed by atoms with van der Waals surface area (Å²) in [6.07, 6.45) is 3.57. The third-order valence-corrected chi connectivity index (χ3v) is 4.38. The highest BCUT2D eigenvalue weighted by molar-refractivity contribution is 5.78. The van der Waals surface area contributed by atoms with Crippen LogP contribution in [0.3, 0.4) is 0 Å². The summed E-state index contributed by atoms with van der Waals surface area (Å²) in [5.41, 5.74) is 1.82. The number of carbonyl (C=O) groups is 1. The number of amides is 1. The second-order valence-corrected chi connectivity index (χ2v) is 6.27. The maximum atomic E-state index is 14.2. The van der Waals surface area contributed by atoms with E-state index in [1.807, 2.05) is 0 Å². The molecule has 7 nitrogen and oxygen atoms in total. The summed E-state index contributed by atoms with van der Waals surface area (Å²) < 4.78 is 29.9. The molecule has 1 amide bonds. The first kappa shape index (κ1) is 17.3. The largest absolute Gasteiger partial charge is 0.368 e. The summed E-state index contributed by atoms with van der Waals surface area (Å²) in [5, 5.41) is 13.1. The Bertz CT molecular complexity index is 1000. The number of carbonyl (C=O) groups excluding carboxylic acids is 1. The van der Waals surface area contributed by atoms with E-state index in [0.717, 1.165) is 6.07 Å². The number of hydrogen-bond donors (Lipinski definition) is 3. The molecule has 0 atom stereocenters. The highest BCUT2D eigenvalue weighted by Gasteiger charge is 2.16. The van der Waals surface area contributed by atoms with Crippen molar-refractivity contribution in [2.45, 2.75) is 13.0 Å². The number of benzene rings is 1. The van der Waals surface area contributed by atoms with E-state index in [4.69, 9.17) is 0 Å². The van der Waals surface area contributed by atoms with Crippen LogP contribution in [0.2, 0.25) is 0 Å². The third kappa shape index (κ3) is 3.59. The van der Waals surface area contributed by atoms with Gasteiger partial charge in [0.05, 0.1) is 6.20 Å². The predicted molar refractivity (Wildman–Crippen MR) is 96.2 cm³/mol. The highest BCUT2D eigenvalue weighted by Crippen LogP contribution is 2.27. The standard InChI is InChI=1S/C18H18F2N6O/c19-14-8-11-7-12(17(14)20)9-21-3-1-16(27)23-5-4-22-15-2-6-26-18(25-15)13(11)10-24-26/h2,6-8,10,21H,1,3-5,9H2,(H,22,25)(H,23,27). The summed E-state index contributed by atoms with van der Waals surface area (Å²) in [4.78, 5) is 16.3. The number of rotatable bonds is 0. The normalized spacial score (nSPS) is 15.6. The van der Waals surface area contributed by atoms with Crippen LogP contribution in [0, 0.1) is 11.6 Å². The molecule has 9 heteroatoms. The van der Waals surface area contributed by atoms with E-state index in [1.54, 1.807) is 29.0 Å². The van der Waals surface area contributed by atoms with Crippen molar-refractivity contribution in [3.05, 3.63) is 47.8 Å². The van der Waals surface area contributed by atoms with Crippen LogP contribution >= 0.6 is 0 Å². The molecule has 0 unspecified atom stereocenters. The highest BCUT2D eigenvalue weighted by atomic mass is 19.2. The van der Waals surface area contributed by atoms with Gasteiger partial charge in [-0.25, -0.2) is 18.3 Å². The van der Waals surface area contributed by atoms with Crippen molar-refractivity contribution in [2.75, 3.05) is 25.0 Å². The molecule has 0 fully saturated rings. The van der Waals surface area contributed by atoms with Gasteiger partial charge in [-0.05, 0) is 23.8 Å². The Balaban J connectivity index is 1.79. The van der Waals surface area contributed by atoms with E-state index in [2.05, 4.69) is 26.0 Å². The fourth-order valence-electron chi connectivity index (χ4n) is 3.01. The number of hydrogen-bond acceptors (Lipinski definition) is 5. The monoisotopic (exact) mass is 372 g/mol. The van der Waals surface area contributed by atoms with E-state index in [9.17, 15) is 13.6 Å². The minimum absolute atomic E-state index is 0.113. The first-order valence-electron chi connectivity index (χ1n) is 8.66. The predicted octanol–water partition coefficient (Wildman–Crippen LogP) is 1.70. The van der Waals surface area contributed by atoms with Crippen molar-refractivity contribution < 1.29 is 13.6 Å². The summed E-state index contributed by atoms with van der Waals surface area (Å²) in [5.74, 6) is -1.34. The average molecular weight is 372 g/mol. The van der Waals surface area contributed by atoms with Crippen molar-refractivity contribution in [1.82, 2.24) is 25.2 Å². The molecule has 27 heavy (non-hydrogen) atoms. The van der Waals surface area contributed by atoms with Crippen LogP contribution in [0.25, 0.3) is 16.8 Å². The molecule has 0 saturated carbocycles. The fraction of sp³-hybridized carbons (Fsp3) is 0.278. The molecule has 0 radical (unpaired) electrons. The Morgan fingerprint density at radius 3 is 2.85 bits per heavy atom. The summed E-state index contributed by atoms with van der Waals surface area (Å²) in [7, 11) is 0. The van der Waals surface area contributed by atoms with Crippen LogP contribution in [0.5, 0.6) is 0 Å². The lowest BCUT2D eigenvalue weighted by molar-refractivity contribution is -0.120. The van der Waals surface area contributed by atoms with Gasteiger partial charge in [-0.2, -0.15) is 5.10 Å². The molecule has 3 aromatic rings. The Morgan fingerprint density at radius 2 is 1.96 bits per heavy atom. The van der Waals surface area contributed by atoms with Gasteiger partial charge < -0.3 is 16.0 Å². The third-order valence-electron chi connectivity index (χ3n) is 4.38. The Morgan fingerprint density at radius 1 is 1.11 bits per heavy atom.